The molecule has 12 heteroatoms. The predicted molar refractivity (Wildman–Crippen MR) is 124 cm³/mol. The normalized spacial score (nSPS) is 17.8. The summed E-state index contributed by atoms with van der Waals surface area (Å²) in [4.78, 5) is 27.4. The third-order valence-electron chi connectivity index (χ3n) is 5.79. The summed E-state index contributed by atoms with van der Waals surface area (Å²) in [5.41, 5.74) is 1.88. The summed E-state index contributed by atoms with van der Waals surface area (Å²) < 4.78 is 12.2. The number of carbonyl (C=O) groups excluding carboxylic acids is 1. The van der Waals surface area contributed by atoms with E-state index in [4.69, 9.17) is 9.26 Å². The lowest BCUT2D eigenvalue weighted by molar-refractivity contribution is -0.144. The number of aryl methyl sites for hydroxylation is 1. The lowest BCUT2D eigenvalue weighted by atomic mass is 9.98. The number of likely N-dealkylation sites (N-methyl/N-ethyl adjacent to an activating group) is 1. The number of amides is 1. The van der Waals surface area contributed by atoms with Crippen LogP contribution < -0.4 is 5.32 Å². The van der Waals surface area contributed by atoms with Gasteiger partial charge in [0.05, 0.1) is 29.4 Å². The lowest BCUT2D eigenvalue weighted by Crippen LogP contribution is -2.35. The fraction of sp³-hybridized carbons (Fsp3) is 0.304. The Morgan fingerprint density at radius 3 is 2.69 bits per heavy atom. The van der Waals surface area contributed by atoms with Crippen molar-refractivity contribution in [2.24, 2.45) is 7.05 Å². The summed E-state index contributed by atoms with van der Waals surface area (Å²) in [5, 5.41) is 22.4. The molecule has 0 aliphatic carbocycles. The number of likely N-dealkylation sites (tertiary alicyclic amines) is 1. The second-order valence-corrected chi connectivity index (χ2v) is 8.31. The van der Waals surface area contributed by atoms with Gasteiger partial charge in [-0.25, -0.2) is 15.0 Å². The molecule has 4 aromatic heterocycles. The quantitative estimate of drug-likeness (QED) is 0.405. The SMILES string of the molecule is COCc1nn(C)cc1Nc1nccc(-c2cccc(-c3cc([C@]4(O)CCN(C)C4=O)on3)n2)n1. The minimum absolute atomic E-state index is 0.103. The molecule has 1 aliphatic rings. The molecule has 5 rings (SSSR count). The van der Waals surface area contributed by atoms with Crippen LogP contribution in [0, 0.1) is 0 Å². The van der Waals surface area contributed by atoms with Gasteiger partial charge in [0.2, 0.25) is 11.5 Å². The summed E-state index contributed by atoms with van der Waals surface area (Å²) in [6.45, 7) is 0.790. The van der Waals surface area contributed by atoms with E-state index in [-0.39, 0.29) is 12.2 Å². The molecule has 0 spiro atoms. The average molecular weight is 476 g/mol. The first-order valence-corrected chi connectivity index (χ1v) is 10.9. The number of aliphatic hydroxyl groups is 1. The van der Waals surface area contributed by atoms with Gasteiger partial charge in [-0.2, -0.15) is 5.10 Å². The zero-order chi connectivity index (χ0) is 24.6. The van der Waals surface area contributed by atoms with Crippen LogP contribution in [0.25, 0.3) is 22.8 Å². The van der Waals surface area contributed by atoms with Gasteiger partial charge in [0.25, 0.3) is 5.91 Å². The first kappa shape index (κ1) is 22.6. The Hall–Kier alpha value is -4.16. The Balaban J connectivity index is 1.41. The molecule has 1 aliphatic heterocycles. The first-order valence-electron chi connectivity index (χ1n) is 10.9. The highest BCUT2D eigenvalue weighted by Gasteiger charge is 2.48. The maximum absolute atomic E-state index is 12.4. The van der Waals surface area contributed by atoms with Crippen LogP contribution in [0.3, 0.4) is 0 Å². The number of hydrogen-bond acceptors (Lipinski definition) is 10. The Kier molecular flexibility index (Phi) is 5.75. The smallest absolute Gasteiger partial charge is 0.262 e. The molecule has 0 unspecified atom stereocenters. The molecular weight excluding hydrogens is 452 g/mol. The molecule has 0 aromatic carbocycles. The summed E-state index contributed by atoms with van der Waals surface area (Å²) in [6.07, 6.45) is 3.70. The molecule has 0 radical (unpaired) electrons. The average Bonchev–Trinajstić information content (AvgIpc) is 3.56. The number of rotatable bonds is 7. The zero-order valence-corrected chi connectivity index (χ0v) is 19.5. The highest BCUT2D eigenvalue weighted by Crippen LogP contribution is 2.34. The van der Waals surface area contributed by atoms with Gasteiger partial charge >= 0.3 is 0 Å². The van der Waals surface area contributed by atoms with Crippen LogP contribution in [-0.4, -0.2) is 66.5 Å². The van der Waals surface area contributed by atoms with Crippen LogP contribution >= 0.6 is 0 Å². The van der Waals surface area contributed by atoms with Crippen molar-refractivity contribution in [1.82, 2.24) is 34.8 Å². The zero-order valence-electron chi connectivity index (χ0n) is 19.5. The van der Waals surface area contributed by atoms with Gasteiger partial charge < -0.3 is 24.6 Å². The van der Waals surface area contributed by atoms with E-state index in [0.717, 1.165) is 11.4 Å². The van der Waals surface area contributed by atoms with E-state index < -0.39 is 11.5 Å². The standard InChI is InChI=1S/C23H24N8O4/c1-30-10-8-23(33,21(30)32)20-11-17(29-35-20)15-6-4-5-14(25-15)16-7-9-24-22(26-16)27-18-12-31(2)28-19(18)13-34-3/h4-7,9,11-12,33H,8,10,13H2,1-3H3,(H,24,26,27)/t23-/m1/s1. The minimum atomic E-state index is -1.71. The van der Waals surface area contributed by atoms with E-state index in [1.165, 1.54) is 4.90 Å². The monoisotopic (exact) mass is 476 g/mol. The second kappa shape index (κ2) is 8.89. The Labute approximate surface area is 200 Å². The largest absolute Gasteiger partial charge is 0.378 e. The number of ether oxygens (including phenoxy) is 1. The third kappa shape index (κ3) is 4.24. The maximum atomic E-state index is 12.4. The van der Waals surface area contributed by atoms with E-state index in [1.54, 1.807) is 43.2 Å². The molecule has 5 heterocycles. The number of carbonyl (C=O) groups is 1. The number of pyridine rings is 1. The van der Waals surface area contributed by atoms with Crippen molar-refractivity contribution in [1.29, 1.82) is 0 Å². The van der Waals surface area contributed by atoms with Gasteiger partial charge in [0.15, 0.2) is 5.76 Å². The lowest BCUT2D eigenvalue weighted by Gasteiger charge is -2.16. The number of hydrogen-bond donors (Lipinski definition) is 2. The molecule has 1 fully saturated rings. The van der Waals surface area contributed by atoms with Crippen molar-refractivity contribution < 1.29 is 19.2 Å². The molecule has 12 nitrogen and oxygen atoms in total. The molecule has 1 saturated heterocycles. The first-order chi connectivity index (χ1) is 16.9. The van der Waals surface area contributed by atoms with Crippen LogP contribution in [0.2, 0.25) is 0 Å². The number of aromatic nitrogens is 6. The Morgan fingerprint density at radius 2 is 1.94 bits per heavy atom. The van der Waals surface area contributed by atoms with Crippen LogP contribution in [0.5, 0.6) is 0 Å². The van der Waals surface area contributed by atoms with Crippen molar-refractivity contribution in [2.45, 2.75) is 18.6 Å². The van der Waals surface area contributed by atoms with E-state index in [2.05, 4.69) is 30.5 Å². The van der Waals surface area contributed by atoms with Gasteiger partial charge in [-0.15, -0.1) is 0 Å². The van der Waals surface area contributed by atoms with Crippen LogP contribution in [0.15, 0.2) is 47.2 Å². The fourth-order valence-corrected chi connectivity index (χ4v) is 3.96. The molecule has 2 N–H and O–H groups in total. The van der Waals surface area contributed by atoms with E-state index in [0.29, 0.717) is 41.9 Å². The van der Waals surface area contributed by atoms with Crippen molar-refractivity contribution in [3.63, 3.8) is 0 Å². The highest BCUT2D eigenvalue weighted by atomic mass is 16.5. The van der Waals surface area contributed by atoms with Crippen molar-refractivity contribution in [3.05, 3.63) is 54.2 Å². The van der Waals surface area contributed by atoms with Crippen LogP contribution in [0.4, 0.5) is 11.6 Å². The third-order valence-corrected chi connectivity index (χ3v) is 5.79. The number of anilines is 2. The summed E-state index contributed by atoms with van der Waals surface area (Å²) in [7, 11) is 5.07. The molecule has 4 aromatic rings. The van der Waals surface area contributed by atoms with Crippen molar-refractivity contribution >= 4 is 17.5 Å². The van der Waals surface area contributed by atoms with Crippen LogP contribution in [-0.2, 0) is 28.8 Å². The molecule has 1 amide bonds. The summed E-state index contributed by atoms with van der Waals surface area (Å²) in [6, 6.07) is 8.71. The van der Waals surface area contributed by atoms with E-state index in [1.807, 2.05) is 25.4 Å². The Bertz CT molecular complexity index is 1380. The van der Waals surface area contributed by atoms with Gasteiger partial charge in [-0.1, -0.05) is 11.2 Å². The van der Waals surface area contributed by atoms with Crippen molar-refractivity contribution in [2.75, 3.05) is 26.0 Å². The summed E-state index contributed by atoms with van der Waals surface area (Å²) in [5.74, 6) is 0.0750. The van der Waals surface area contributed by atoms with Gasteiger partial charge in [0.1, 0.15) is 11.4 Å². The van der Waals surface area contributed by atoms with Gasteiger partial charge in [0, 0.05) is 52.6 Å². The summed E-state index contributed by atoms with van der Waals surface area (Å²) >= 11 is 0. The number of methoxy groups -OCH3 is 1. The van der Waals surface area contributed by atoms with E-state index >= 15 is 0 Å². The minimum Gasteiger partial charge on any atom is -0.378 e. The maximum Gasteiger partial charge on any atom is 0.262 e. The fourth-order valence-electron chi connectivity index (χ4n) is 3.96. The highest BCUT2D eigenvalue weighted by molar-refractivity contribution is 5.87. The Morgan fingerprint density at radius 1 is 1.17 bits per heavy atom. The molecular formula is C23H24N8O4. The topological polar surface area (TPSA) is 144 Å². The predicted octanol–water partition coefficient (Wildman–Crippen LogP) is 1.87. The molecule has 180 valence electrons. The molecule has 1 atom stereocenters. The molecule has 0 saturated carbocycles. The molecule has 35 heavy (non-hydrogen) atoms. The van der Waals surface area contributed by atoms with E-state index in [9.17, 15) is 9.90 Å². The second-order valence-electron chi connectivity index (χ2n) is 8.31. The van der Waals surface area contributed by atoms with Gasteiger partial charge in [-0.05, 0) is 18.2 Å². The molecule has 0 bridgehead atoms. The van der Waals surface area contributed by atoms with Crippen LogP contribution in [0.1, 0.15) is 17.9 Å². The number of nitrogens with one attached hydrogen (secondary N) is 1. The van der Waals surface area contributed by atoms with Crippen molar-refractivity contribution in [3.8, 4) is 22.8 Å². The van der Waals surface area contributed by atoms with Gasteiger partial charge in [-0.3, -0.25) is 9.48 Å². The number of nitrogens with zero attached hydrogens (tertiary/aromatic N) is 7.